The molecule has 1 saturated carbocycles. The number of aliphatic hydroxyl groups excluding tert-OH is 1. The predicted molar refractivity (Wildman–Crippen MR) is 75.9 cm³/mol. The highest BCUT2D eigenvalue weighted by Gasteiger charge is 2.42. The third kappa shape index (κ3) is 3.57. The van der Waals surface area contributed by atoms with Gasteiger partial charge in [-0.2, -0.15) is 0 Å². The zero-order chi connectivity index (χ0) is 13.7. The molecule has 1 aliphatic rings. The fourth-order valence-electron chi connectivity index (χ4n) is 2.39. The van der Waals surface area contributed by atoms with Gasteiger partial charge in [-0.05, 0) is 24.8 Å². The second-order valence-corrected chi connectivity index (χ2v) is 5.63. The van der Waals surface area contributed by atoms with Crippen LogP contribution in [0.1, 0.15) is 44.1 Å². The Bertz CT molecular complexity index is 412. The number of amides is 1. The number of rotatable bonds is 7. The summed E-state index contributed by atoms with van der Waals surface area (Å²) in [7, 11) is 0. The normalized spacial score (nSPS) is 17.8. The molecule has 1 fully saturated rings. The van der Waals surface area contributed by atoms with E-state index in [4.69, 9.17) is 0 Å². The maximum absolute atomic E-state index is 12.3. The molecule has 3 nitrogen and oxygen atoms in total. The van der Waals surface area contributed by atoms with Crippen molar-refractivity contribution < 1.29 is 9.90 Å². The second-order valence-electron chi connectivity index (χ2n) is 5.63. The van der Waals surface area contributed by atoms with Crippen molar-refractivity contribution >= 4 is 5.91 Å². The van der Waals surface area contributed by atoms with Gasteiger partial charge in [0.15, 0.2) is 0 Å². The van der Waals surface area contributed by atoms with Crippen LogP contribution in [0.5, 0.6) is 0 Å². The first-order valence-corrected chi connectivity index (χ1v) is 7.14. The van der Waals surface area contributed by atoms with Crippen LogP contribution >= 0.6 is 0 Å². The highest BCUT2D eigenvalue weighted by atomic mass is 16.3. The maximum atomic E-state index is 12.3. The summed E-state index contributed by atoms with van der Waals surface area (Å²) in [4.78, 5) is 12.3. The molecule has 1 aliphatic carbocycles. The van der Waals surface area contributed by atoms with Crippen LogP contribution in [0.2, 0.25) is 0 Å². The lowest BCUT2D eigenvalue weighted by Gasteiger charge is -2.19. The third-order valence-electron chi connectivity index (χ3n) is 4.03. The molecule has 1 aromatic carbocycles. The van der Waals surface area contributed by atoms with Gasteiger partial charge in [0.05, 0.1) is 12.5 Å². The number of aliphatic hydroxyl groups is 1. The van der Waals surface area contributed by atoms with Gasteiger partial charge in [-0.15, -0.1) is 0 Å². The molecule has 1 aromatic rings. The molecule has 3 heteroatoms. The molecule has 0 bridgehead atoms. The minimum Gasteiger partial charge on any atom is -0.396 e. The van der Waals surface area contributed by atoms with Gasteiger partial charge in [0, 0.05) is 12.0 Å². The number of carbonyl (C=O) groups excluding carboxylic acids is 1. The Balaban J connectivity index is 1.97. The van der Waals surface area contributed by atoms with E-state index in [1.165, 1.54) is 0 Å². The zero-order valence-corrected chi connectivity index (χ0v) is 11.6. The number of benzene rings is 1. The van der Waals surface area contributed by atoms with Crippen molar-refractivity contribution in [2.24, 2.45) is 5.41 Å². The quantitative estimate of drug-likeness (QED) is 0.792. The van der Waals surface area contributed by atoms with Gasteiger partial charge in [-0.1, -0.05) is 43.7 Å². The maximum Gasteiger partial charge on any atom is 0.227 e. The van der Waals surface area contributed by atoms with E-state index in [-0.39, 0.29) is 23.8 Å². The van der Waals surface area contributed by atoms with E-state index in [2.05, 4.69) is 12.2 Å². The molecule has 1 amide bonds. The van der Waals surface area contributed by atoms with Crippen molar-refractivity contribution in [2.45, 2.75) is 38.5 Å². The Hall–Kier alpha value is -1.35. The highest BCUT2D eigenvalue weighted by molar-refractivity contribution is 5.83. The van der Waals surface area contributed by atoms with Crippen LogP contribution in [0.4, 0.5) is 0 Å². The van der Waals surface area contributed by atoms with E-state index in [1.54, 1.807) is 0 Å². The van der Waals surface area contributed by atoms with Crippen LogP contribution in [0, 0.1) is 5.41 Å². The molecule has 104 valence electrons. The summed E-state index contributed by atoms with van der Waals surface area (Å²) in [6, 6.07) is 9.94. The lowest BCUT2D eigenvalue weighted by atomic mass is 9.93. The average molecular weight is 261 g/mol. The van der Waals surface area contributed by atoms with Crippen molar-refractivity contribution in [3.63, 3.8) is 0 Å². The van der Waals surface area contributed by atoms with Gasteiger partial charge in [-0.25, -0.2) is 0 Å². The third-order valence-corrected chi connectivity index (χ3v) is 4.03. The standard InChI is InChI=1S/C16H23NO2/c1-2-6-14(13-7-4-3-5-8-13)15(19)17-11-16(12-18)9-10-16/h3-5,7-8,14,18H,2,6,9-12H2,1H3,(H,17,19). The molecule has 1 unspecified atom stereocenters. The summed E-state index contributed by atoms with van der Waals surface area (Å²) in [5.74, 6) is 0.0217. The molecule has 0 aliphatic heterocycles. The summed E-state index contributed by atoms with van der Waals surface area (Å²) >= 11 is 0. The first-order chi connectivity index (χ1) is 9.21. The van der Waals surface area contributed by atoms with Gasteiger partial charge in [0.2, 0.25) is 5.91 Å². The first-order valence-electron chi connectivity index (χ1n) is 7.14. The summed E-state index contributed by atoms with van der Waals surface area (Å²) in [5.41, 5.74) is 1.05. The summed E-state index contributed by atoms with van der Waals surface area (Å²) in [6.45, 7) is 2.88. The number of hydrogen-bond donors (Lipinski definition) is 2. The minimum absolute atomic E-state index is 0.0247. The Kier molecular flexibility index (Phi) is 4.59. The minimum atomic E-state index is -0.0688. The van der Waals surface area contributed by atoms with Gasteiger partial charge in [0.25, 0.3) is 0 Å². The van der Waals surface area contributed by atoms with E-state index in [0.29, 0.717) is 6.54 Å². The fourth-order valence-corrected chi connectivity index (χ4v) is 2.39. The summed E-state index contributed by atoms with van der Waals surface area (Å²) in [5, 5.41) is 12.3. The van der Waals surface area contributed by atoms with Crippen LogP contribution in [0.3, 0.4) is 0 Å². The van der Waals surface area contributed by atoms with E-state index in [1.807, 2.05) is 30.3 Å². The SMILES string of the molecule is CCCC(C(=O)NCC1(CO)CC1)c1ccccc1. The van der Waals surface area contributed by atoms with Crippen molar-refractivity contribution in [2.75, 3.05) is 13.2 Å². The van der Waals surface area contributed by atoms with Gasteiger partial charge in [-0.3, -0.25) is 4.79 Å². The van der Waals surface area contributed by atoms with Crippen LogP contribution in [-0.4, -0.2) is 24.2 Å². The molecular formula is C16H23NO2. The molecule has 0 aromatic heterocycles. The Morgan fingerprint density at radius 1 is 1.37 bits per heavy atom. The number of nitrogens with one attached hydrogen (secondary N) is 1. The molecule has 19 heavy (non-hydrogen) atoms. The van der Waals surface area contributed by atoms with E-state index >= 15 is 0 Å². The molecule has 1 atom stereocenters. The lowest BCUT2D eigenvalue weighted by molar-refractivity contribution is -0.123. The fraction of sp³-hybridized carbons (Fsp3) is 0.562. The topological polar surface area (TPSA) is 49.3 Å². The van der Waals surface area contributed by atoms with Crippen LogP contribution in [0.25, 0.3) is 0 Å². The van der Waals surface area contributed by atoms with Gasteiger partial charge >= 0.3 is 0 Å². The lowest BCUT2D eigenvalue weighted by Crippen LogP contribution is -2.35. The van der Waals surface area contributed by atoms with Gasteiger partial charge in [0.1, 0.15) is 0 Å². The van der Waals surface area contributed by atoms with Crippen molar-refractivity contribution in [1.82, 2.24) is 5.32 Å². The first kappa shape index (κ1) is 14.1. The van der Waals surface area contributed by atoms with Crippen molar-refractivity contribution in [1.29, 1.82) is 0 Å². The molecule has 0 heterocycles. The molecule has 0 spiro atoms. The zero-order valence-electron chi connectivity index (χ0n) is 11.6. The average Bonchev–Trinajstić information content (AvgIpc) is 3.24. The largest absolute Gasteiger partial charge is 0.396 e. The molecule has 0 saturated heterocycles. The number of carbonyl (C=O) groups is 1. The van der Waals surface area contributed by atoms with Crippen LogP contribution in [-0.2, 0) is 4.79 Å². The van der Waals surface area contributed by atoms with Crippen molar-refractivity contribution in [3.8, 4) is 0 Å². The molecule has 2 rings (SSSR count). The Morgan fingerprint density at radius 2 is 2.05 bits per heavy atom. The number of hydrogen-bond acceptors (Lipinski definition) is 2. The predicted octanol–water partition coefficient (Wildman–Crippen LogP) is 2.46. The second kappa shape index (κ2) is 6.20. The Morgan fingerprint density at radius 3 is 2.58 bits per heavy atom. The summed E-state index contributed by atoms with van der Waals surface area (Å²) in [6.07, 6.45) is 3.89. The summed E-state index contributed by atoms with van der Waals surface area (Å²) < 4.78 is 0. The molecule has 2 N–H and O–H groups in total. The van der Waals surface area contributed by atoms with E-state index < -0.39 is 0 Å². The van der Waals surface area contributed by atoms with Gasteiger partial charge < -0.3 is 10.4 Å². The highest BCUT2D eigenvalue weighted by Crippen LogP contribution is 2.44. The van der Waals surface area contributed by atoms with Crippen molar-refractivity contribution in [3.05, 3.63) is 35.9 Å². The van der Waals surface area contributed by atoms with Crippen LogP contribution in [0.15, 0.2) is 30.3 Å². The molecular weight excluding hydrogens is 238 g/mol. The smallest absolute Gasteiger partial charge is 0.227 e. The van der Waals surface area contributed by atoms with Crippen LogP contribution < -0.4 is 5.32 Å². The van der Waals surface area contributed by atoms with E-state index in [9.17, 15) is 9.90 Å². The Labute approximate surface area is 115 Å². The monoisotopic (exact) mass is 261 g/mol. The molecule has 0 radical (unpaired) electrons. The van der Waals surface area contributed by atoms with E-state index in [0.717, 1.165) is 31.2 Å².